The van der Waals surface area contributed by atoms with E-state index < -0.39 is 0 Å². The van der Waals surface area contributed by atoms with E-state index in [4.69, 9.17) is 0 Å². The van der Waals surface area contributed by atoms with Gasteiger partial charge in [0.15, 0.2) is 5.65 Å². The highest BCUT2D eigenvalue weighted by Crippen LogP contribution is 2.22. The topological polar surface area (TPSA) is 45.2 Å². The Morgan fingerprint density at radius 3 is 2.50 bits per heavy atom. The molecule has 1 aliphatic rings. The highest BCUT2D eigenvalue weighted by Gasteiger charge is 2.19. The van der Waals surface area contributed by atoms with Gasteiger partial charge in [-0.2, -0.15) is 0 Å². The molecule has 1 aliphatic heterocycles. The van der Waals surface area contributed by atoms with Crippen LogP contribution in [0.2, 0.25) is 0 Å². The van der Waals surface area contributed by atoms with Crippen LogP contribution in [-0.4, -0.2) is 52.6 Å². The first kappa shape index (κ1) is 15.0. The molecule has 5 nitrogen and oxygen atoms in total. The van der Waals surface area contributed by atoms with Gasteiger partial charge in [0.1, 0.15) is 12.1 Å². The third-order valence-corrected chi connectivity index (χ3v) is 4.62. The van der Waals surface area contributed by atoms with Crippen molar-refractivity contribution in [1.29, 1.82) is 0 Å². The van der Waals surface area contributed by atoms with Crippen LogP contribution in [0.4, 0.5) is 5.82 Å². The van der Waals surface area contributed by atoms with Crippen LogP contribution >= 0.6 is 0 Å². The van der Waals surface area contributed by atoms with Crippen LogP contribution in [0.15, 0.2) is 55.0 Å². The van der Waals surface area contributed by atoms with Crippen molar-refractivity contribution in [2.24, 2.45) is 0 Å². The number of aromatic nitrogens is 3. The number of pyridine rings is 1. The van der Waals surface area contributed by atoms with Gasteiger partial charge in [-0.3, -0.25) is 4.90 Å². The molecule has 122 valence electrons. The molecule has 0 unspecified atom stereocenters. The zero-order valence-electron chi connectivity index (χ0n) is 13.7. The van der Waals surface area contributed by atoms with E-state index in [1.807, 2.05) is 6.07 Å². The second-order valence-corrected chi connectivity index (χ2v) is 6.14. The van der Waals surface area contributed by atoms with Crippen molar-refractivity contribution in [1.82, 2.24) is 19.9 Å². The van der Waals surface area contributed by atoms with Crippen molar-refractivity contribution in [3.05, 3.63) is 60.6 Å². The molecule has 0 amide bonds. The Labute approximate surface area is 142 Å². The van der Waals surface area contributed by atoms with E-state index in [0.29, 0.717) is 0 Å². The Morgan fingerprint density at radius 2 is 1.67 bits per heavy atom. The molecule has 0 atom stereocenters. The van der Waals surface area contributed by atoms with Gasteiger partial charge in [0.05, 0.1) is 5.39 Å². The van der Waals surface area contributed by atoms with Crippen LogP contribution in [-0.2, 0) is 6.42 Å². The summed E-state index contributed by atoms with van der Waals surface area (Å²) in [5.41, 5.74) is 2.18. The molecule has 5 heteroatoms. The lowest BCUT2D eigenvalue weighted by molar-refractivity contribution is 0.260. The van der Waals surface area contributed by atoms with Gasteiger partial charge in [-0.25, -0.2) is 15.0 Å². The lowest BCUT2D eigenvalue weighted by Crippen LogP contribution is -2.47. The summed E-state index contributed by atoms with van der Waals surface area (Å²) in [5.74, 6) is 1.01. The quantitative estimate of drug-likeness (QED) is 0.739. The zero-order valence-corrected chi connectivity index (χ0v) is 13.7. The van der Waals surface area contributed by atoms with Gasteiger partial charge in [0.25, 0.3) is 0 Å². The van der Waals surface area contributed by atoms with Crippen LogP contribution in [0.5, 0.6) is 0 Å². The average Bonchev–Trinajstić information content (AvgIpc) is 2.67. The van der Waals surface area contributed by atoms with Gasteiger partial charge < -0.3 is 4.90 Å². The summed E-state index contributed by atoms with van der Waals surface area (Å²) in [6, 6.07) is 14.7. The molecule has 0 spiro atoms. The van der Waals surface area contributed by atoms with E-state index in [-0.39, 0.29) is 0 Å². The second-order valence-electron chi connectivity index (χ2n) is 6.14. The normalized spacial score (nSPS) is 15.8. The number of rotatable bonds is 4. The Morgan fingerprint density at radius 1 is 0.833 bits per heavy atom. The SMILES string of the molecule is c1ccc(CCN2CCN(c3ncnc4ncccc34)CC2)cc1. The van der Waals surface area contributed by atoms with E-state index in [9.17, 15) is 0 Å². The number of nitrogens with zero attached hydrogens (tertiary/aromatic N) is 5. The molecule has 0 aliphatic carbocycles. The smallest absolute Gasteiger partial charge is 0.164 e. The molecule has 2 aromatic heterocycles. The standard InChI is InChI=1S/C19H21N5/c1-2-5-16(6-3-1)8-10-23-11-13-24(14-12-23)19-17-7-4-9-20-18(17)21-15-22-19/h1-7,9,15H,8,10-14H2. The number of piperazine rings is 1. The Balaban J connectivity index is 1.39. The van der Waals surface area contributed by atoms with E-state index in [0.717, 1.165) is 56.0 Å². The van der Waals surface area contributed by atoms with Crippen molar-refractivity contribution in [3.8, 4) is 0 Å². The molecule has 3 heterocycles. The number of hydrogen-bond donors (Lipinski definition) is 0. The van der Waals surface area contributed by atoms with Gasteiger partial charge in [-0.05, 0) is 24.1 Å². The first-order chi connectivity index (χ1) is 11.9. The lowest BCUT2D eigenvalue weighted by Gasteiger charge is -2.35. The van der Waals surface area contributed by atoms with E-state index in [1.54, 1.807) is 12.5 Å². The zero-order chi connectivity index (χ0) is 16.2. The molecular weight excluding hydrogens is 298 g/mol. The Bertz CT molecular complexity index is 792. The number of anilines is 1. The second kappa shape index (κ2) is 6.93. The number of benzene rings is 1. The first-order valence-corrected chi connectivity index (χ1v) is 8.47. The summed E-state index contributed by atoms with van der Waals surface area (Å²) in [7, 11) is 0. The fourth-order valence-corrected chi connectivity index (χ4v) is 3.25. The van der Waals surface area contributed by atoms with Crippen LogP contribution in [0, 0.1) is 0 Å². The minimum Gasteiger partial charge on any atom is -0.353 e. The van der Waals surface area contributed by atoms with E-state index >= 15 is 0 Å². The van der Waals surface area contributed by atoms with Gasteiger partial charge in [0.2, 0.25) is 0 Å². The molecule has 0 radical (unpaired) electrons. The molecule has 1 saturated heterocycles. The summed E-state index contributed by atoms with van der Waals surface area (Å²) in [6.45, 7) is 5.24. The Kier molecular flexibility index (Phi) is 4.34. The van der Waals surface area contributed by atoms with E-state index in [2.05, 4.69) is 61.1 Å². The predicted molar refractivity (Wildman–Crippen MR) is 96.1 cm³/mol. The molecule has 0 saturated carbocycles. The maximum atomic E-state index is 4.51. The summed E-state index contributed by atoms with van der Waals surface area (Å²) in [6.07, 6.45) is 4.51. The monoisotopic (exact) mass is 319 g/mol. The molecule has 24 heavy (non-hydrogen) atoms. The fraction of sp³-hybridized carbons (Fsp3) is 0.316. The summed E-state index contributed by atoms with van der Waals surface area (Å²) in [5, 5.41) is 1.04. The van der Waals surface area contributed by atoms with Crippen LogP contribution in [0.3, 0.4) is 0 Å². The molecule has 1 aromatic carbocycles. The third-order valence-electron chi connectivity index (χ3n) is 4.62. The molecular formula is C19H21N5. The first-order valence-electron chi connectivity index (χ1n) is 8.47. The Hall–Kier alpha value is -2.53. The summed E-state index contributed by atoms with van der Waals surface area (Å²) >= 11 is 0. The minimum atomic E-state index is 0.772. The molecule has 1 fully saturated rings. The van der Waals surface area contributed by atoms with Gasteiger partial charge >= 0.3 is 0 Å². The van der Waals surface area contributed by atoms with Gasteiger partial charge in [0, 0.05) is 38.9 Å². The van der Waals surface area contributed by atoms with Crippen LogP contribution in [0.1, 0.15) is 5.56 Å². The van der Waals surface area contributed by atoms with Crippen molar-refractivity contribution in [3.63, 3.8) is 0 Å². The third kappa shape index (κ3) is 3.21. The van der Waals surface area contributed by atoms with Crippen molar-refractivity contribution >= 4 is 16.9 Å². The minimum absolute atomic E-state index is 0.772. The average molecular weight is 319 g/mol. The van der Waals surface area contributed by atoms with Crippen LogP contribution < -0.4 is 4.90 Å². The summed E-state index contributed by atoms with van der Waals surface area (Å²) < 4.78 is 0. The van der Waals surface area contributed by atoms with Gasteiger partial charge in [-0.15, -0.1) is 0 Å². The maximum Gasteiger partial charge on any atom is 0.164 e. The van der Waals surface area contributed by atoms with Gasteiger partial charge in [-0.1, -0.05) is 30.3 Å². The maximum absolute atomic E-state index is 4.51. The van der Waals surface area contributed by atoms with Crippen molar-refractivity contribution in [2.75, 3.05) is 37.6 Å². The highest BCUT2D eigenvalue weighted by molar-refractivity contribution is 5.86. The fourth-order valence-electron chi connectivity index (χ4n) is 3.25. The van der Waals surface area contributed by atoms with Crippen LogP contribution in [0.25, 0.3) is 11.0 Å². The van der Waals surface area contributed by atoms with E-state index in [1.165, 1.54) is 5.56 Å². The lowest BCUT2D eigenvalue weighted by atomic mass is 10.1. The molecule has 0 N–H and O–H groups in total. The number of hydrogen-bond acceptors (Lipinski definition) is 5. The molecule has 4 rings (SSSR count). The van der Waals surface area contributed by atoms with Crippen molar-refractivity contribution < 1.29 is 0 Å². The van der Waals surface area contributed by atoms with Crippen molar-refractivity contribution in [2.45, 2.75) is 6.42 Å². The number of fused-ring (bicyclic) bond motifs is 1. The predicted octanol–water partition coefficient (Wildman–Crippen LogP) is 2.39. The molecule has 3 aromatic rings. The largest absolute Gasteiger partial charge is 0.353 e. The summed E-state index contributed by atoms with van der Waals surface area (Å²) in [4.78, 5) is 18.0. The molecule has 0 bridgehead atoms. The highest BCUT2D eigenvalue weighted by atomic mass is 15.3.